The van der Waals surface area contributed by atoms with Gasteiger partial charge in [-0.1, -0.05) is 24.3 Å². The summed E-state index contributed by atoms with van der Waals surface area (Å²) in [4.78, 5) is 0. The van der Waals surface area contributed by atoms with Crippen LogP contribution in [0.4, 0.5) is 0 Å². The fourth-order valence-corrected chi connectivity index (χ4v) is 5.16. The number of hydrogen-bond acceptors (Lipinski definition) is 0. The molecule has 1 radical (unpaired) electrons. The van der Waals surface area contributed by atoms with Crippen LogP contribution < -0.4 is 0 Å². The van der Waals surface area contributed by atoms with Gasteiger partial charge in [0, 0.05) is 0 Å². The molecule has 0 saturated heterocycles. The van der Waals surface area contributed by atoms with Crippen molar-refractivity contribution in [1.29, 1.82) is 0 Å². The lowest BCUT2D eigenvalue weighted by Gasteiger charge is -2.57. The van der Waals surface area contributed by atoms with Crippen LogP contribution in [-0.2, 0) is 5.41 Å². The maximum atomic E-state index is 3.53. The fraction of sp³-hybridized carbons (Fsp3) is 0.625. The van der Waals surface area contributed by atoms with Gasteiger partial charge in [-0.05, 0) is 73.3 Å². The number of hydrogen-bond donors (Lipinski definition) is 0. The van der Waals surface area contributed by atoms with Crippen LogP contribution in [0.15, 0.2) is 24.3 Å². The summed E-state index contributed by atoms with van der Waals surface area (Å²) in [6, 6.07) is 12.3. The third-order valence-corrected chi connectivity index (χ3v) is 5.32. The smallest absolute Gasteiger partial charge is 0.00329 e. The first-order valence-electron chi connectivity index (χ1n) is 6.81. The highest BCUT2D eigenvalue weighted by atomic mass is 14.6. The van der Waals surface area contributed by atoms with Crippen LogP contribution in [0, 0.1) is 23.8 Å². The van der Waals surface area contributed by atoms with E-state index in [9.17, 15) is 0 Å². The van der Waals surface area contributed by atoms with Crippen LogP contribution in [0.25, 0.3) is 0 Å². The average Bonchev–Trinajstić information content (AvgIpc) is 2.28. The molecular weight excluding hydrogens is 192 g/mol. The van der Waals surface area contributed by atoms with E-state index in [0.29, 0.717) is 5.41 Å². The van der Waals surface area contributed by atoms with Gasteiger partial charge in [0.2, 0.25) is 0 Å². The van der Waals surface area contributed by atoms with Gasteiger partial charge in [0.05, 0.1) is 0 Å². The highest BCUT2D eigenvalue weighted by Gasteiger charge is 2.51. The highest BCUT2D eigenvalue weighted by molar-refractivity contribution is 5.28. The molecule has 4 aliphatic carbocycles. The van der Waals surface area contributed by atoms with Gasteiger partial charge in [0.25, 0.3) is 0 Å². The molecule has 0 amide bonds. The van der Waals surface area contributed by atoms with Gasteiger partial charge in [-0.3, -0.25) is 0 Å². The number of benzene rings is 1. The minimum Gasteiger partial charge on any atom is -0.0619 e. The zero-order valence-corrected chi connectivity index (χ0v) is 9.78. The normalized spacial score (nSPS) is 44.9. The largest absolute Gasteiger partial charge is 0.0619 e. The fourth-order valence-electron chi connectivity index (χ4n) is 5.16. The maximum Gasteiger partial charge on any atom is -0.00329 e. The van der Waals surface area contributed by atoms with Gasteiger partial charge in [-0.15, -0.1) is 0 Å². The van der Waals surface area contributed by atoms with Gasteiger partial charge < -0.3 is 0 Å². The zero-order valence-electron chi connectivity index (χ0n) is 9.78. The zero-order chi connectivity index (χ0) is 10.6. The van der Waals surface area contributed by atoms with E-state index in [-0.39, 0.29) is 0 Å². The first-order valence-corrected chi connectivity index (χ1v) is 6.81. The molecule has 0 heteroatoms. The molecule has 0 aliphatic heterocycles. The molecule has 5 rings (SSSR count). The lowest BCUT2D eigenvalue weighted by molar-refractivity contribution is -0.00530. The Hall–Kier alpha value is -0.780. The van der Waals surface area contributed by atoms with E-state index in [1.54, 1.807) is 0 Å². The summed E-state index contributed by atoms with van der Waals surface area (Å²) in [5, 5.41) is 0. The van der Waals surface area contributed by atoms with Crippen molar-refractivity contribution in [2.24, 2.45) is 17.8 Å². The average molecular weight is 211 g/mol. The molecule has 4 aliphatic rings. The van der Waals surface area contributed by atoms with Crippen LogP contribution in [0.2, 0.25) is 0 Å². The summed E-state index contributed by atoms with van der Waals surface area (Å²) >= 11 is 0. The molecule has 0 nitrogen and oxygen atoms in total. The summed E-state index contributed by atoms with van der Waals surface area (Å²) in [6.07, 6.45) is 8.97. The van der Waals surface area contributed by atoms with E-state index in [4.69, 9.17) is 0 Å². The van der Waals surface area contributed by atoms with Crippen molar-refractivity contribution in [2.45, 2.75) is 43.9 Å². The predicted molar refractivity (Wildman–Crippen MR) is 65.1 cm³/mol. The molecule has 0 unspecified atom stereocenters. The second kappa shape index (κ2) is 3.12. The Morgan fingerprint density at radius 3 is 2.06 bits per heavy atom. The monoisotopic (exact) mass is 211 g/mol. The summed E-state index contributed by atoms with van der Waals surface area (Å²) in [5.74, 6) is 3.12. The Morgan fingerprint density at radius 1 is 0.938 bits per heavy atom. The summed E-state index contributed by atoms with van der Waals surface area (Å²) in [5.41, 5.74) is 2.06. The van der Waals surface area contributed by atoms with E-state index in [1.807, 2.05) is 0 Å². The molecule has 16 heavy (non-hydrogen) atoms. The van der Waals surface area contributed by atoms with Crippen LogP contribution in [0.1, 0.15) is 44.1 Å². The third kappa shape index (κ3) is 1.22. The van der Waals surface area contributed by atoms with Crippen molar-refractivity contribution in [2.75, 3.05) is 0 Å². The minimum atomic E-state index is 0.538. The van der Waals surface area contributed by atoms with Gasteiger partial charge in [-0.2, -0.15) is 0 Å². The number of rotatable bonds is 1. The first-order chi connectivity index (χ1) is 7.84. The van der Waals surface area contributed by atoms with Crippen molar-refractivity contribution in [3.63, 3.8) is 0 Å². The molecule has 4 fully saturated rings. The van der Waals surface area contributed by atoms with Crippen LogP contribution in [-0.4, -0.2) is 0 Å². The molecule has 83 valence electrons. The molecule has 0 spiro atoms. The summed E-state index contributed by atoms with van der Waals surface area (Å²) in [7, 11) is 0. The van der Waals surface area contributed by atoms with E-state index in [1.165, 1.54) is 44.1 Å². The summed E-state index contributed by atoms with van der Waals surface area (Å²) in [6.45, 7) is 0. The van der Waals surface area contributed by atoms with E-state index in [2.05, 4.69) is 30.3 Å². The van der Waals surface area contributed by atoms with Crippen LogP contribution >= 0.6 is 0 Å². The molecular formula is C16H19. The molecule has 1 aromatic rings. The van der Waals surface area contributed by atoms with E-state index < -0.39 is 0 Å². The van der Waals surface area contributed by atoms with Gasteiger partial charge in [0.1, 0.15) is 0 Å². The molecule has 0 heterocycles. The van der Waals surface area contributed by atoms with Crippen LogP contribution in [0.5, 0.6) is 0 Å². The van der Waals surface area contributed by atoms with E-state index in [0.717, 1.165) is 17.8 Å². The molecule has 1 aromatic carbocycles. The van der Waals surface area contributed by atoms with Crippen molar-refractivity contribution in [1.82, 2.24) is 0 Å². The molecule has 0 N–H and O–H groups in total. The second-order valence-electron chi connectivity index (χ2n) is 6.47. The second-order valence-corrected chi connectivity index (χ2v) is 6.47. The van der Waals surface area contributed by atoms with Gasteiger partial charge >= 0.3 is 0 Å². The van der Waals surface area contributed by atoms with Crippen molar-refractivity contribution >= 4 is 0 Å². The summed E-state index contributed by atoms with van der Waals surface area (Å²) < 4.78 is 0. The SMILES string of the molecule is [c]1ccccc1C12CC3CC(CC(C3)C1)C2. The Kier molecular flexibility index (Phi) is 1.81. The van der Waals surface area contributed by atoms with Gasteiger partial charge in [-0.25, -0.2) is 0 Å². The third-order valence-electron chi connectivity index (χ3n) is 5.32. The van der Waals surface area contributed by atoms with E-state index >= 15 is 0 Å². The Labute approximate surface area is 98.1 Å². The Balaban J connectivity index is 1.77. The molecule has 4 saturated carbocycles. The topological polar surface area (TPSA) is 0 Å². The van der Waals surface area contributed by atoms with Gasteiger partial charge in [0.15, 0.2) is 0 Å². The lowest BCUT2D eigenvalue weighted by atomic mass is 9.48. The molecule has 0 atom stereocenters. The Bertz CT molecular complexity index is 354. The Morgan fingerprint density at radius 2 is 1.56 bits per heavy atom. The molecule has 0 aromatic heterocycles. The molecule has 4 bridgehead atoms. The quantitative estimate of drug-likeness (QED) is 0.659. The van der Waals surface area contributed by atoms with Crippen molar-refractivity contribution < 1.29 is 0 Å². The first kappa shape index (κ1) is 9.27. The van der Waals surface area contributed by atoms with Crippen LogP contribution in [0.3, 0.4) is 0 Å². The lowest BCUT2D eigenvalue weighted by Crippen LogP contribution is -2.48. The standard InChI is InChI=1S/C16H19/c1-2-4-15(5-3-1)16-9-12-6-13(10-16)8-14(7-12)11-16/h1-4,12-14H,6-11H2. The maximum absolute atomic E-state index is 3.53. The minimum absolute atomic E-state index is 0.538. The van der Waals surface area contributed by atoms with Crippen molar-refractivity contribution in [3.05, 3.63) is 35.9 Å². The highest BCUT2D eigenvalue weighted by Crippen LogP contribution is 2.60. The van der Waals surface area contributed by atoms with Crippen molar-refractivity contribution in [3.8, 4) is 0 Å². The predicted octanol–water partition coefficient (Wildman–Crippen LogP) is 3.95.